The van der Waals surface area contributed by atoms with Crippen LogP contribution in [0.15, 0.2) is 36.5 Å². The number of hydrogen-bond donors (Lipinski definition) is 0. The maximum Gasteiger partial charge on any atom is 0.215 e. The molecule has 94 valence electrons. The Balaban J connectivity index is 2.63. The molecular formula is C17H22N+. The Morgan fingerprint density at radius 2 is 1.94 bits per heavy atom. The van der Waals surface area contributed by atoms with Crippen molar-refractivity contribution in [3.63, 3.8) is 0 Å². The first-order valence-corrected chi connectivity index (χ1v) is 6.12. The summed E-state index contributed by atoms with van der Waals surface area (Å²) in [7, 11) is 1.90. The first kappa shape index (κ1) is 8.47. The van der Waals surface area contributed by atoms with Crippen LogP contribution in [0.3, 0.4) is 0 Å². The number of pyridine rings is 1. The van der Waals surface area contributed by atoms with Crippen LogP contribution in [0.4, 0.5) is 0 Å². The highest BCUT2D eigenvalue weighted by molar-refractivity contribution is 5.64. The molecule has 18 heavy (non-hydrogen) atoms. The standard InChI is InChI=1S/C17H22N/c1-12(2)15-10-14(4)17(18(5)11-15)16-9-7-6-8-13(16)3/h6-12H,1-5H3/q+1/i1D3,12D. The quantitative estimate of drug-likeness (QED) is 0.705. The molecule has 0 spiro atoms. The third-order valence-electron chi connectivity index (χ3n) is 3.26. The van der Waals surface area contributed by atoms with Crippen LogP contribution in [0.5, 0.6) is 0 Å². The van der Waals surface area contributed by atoms with E-state index in [1.807, 2.05) is 36.7 Å². The van der Waals surface area contributed by atoms with Crippen molar-refractivity contribution < 1.29 is 10.1 Å². The summed E-state index contributed by atoms with van der Waals surface area (Å²) in [6, 6.07) is 9.92. The molecule has 1 heteroatoms. The second-order valence-electron chi connectivity index (χ2n) is 4.81. The van der Waals surface area contributed by atoms with Gasteiger partial charge in [0.2, 0.25) is 5.69 Å². The number of benzene rings is 1. The molecular weight excluding hydrogens is 218 g/mol. The van der Waals surface area contributed by atoms with Gasteiger partial charge in [-0.3, -0.25) is 0 Å². The van der Waals surface area contributed by atoms with Crippen LogP contribution >= 0.6 is 0 Å². The minimum atomic E-state index is -2.36. The summed E-state index contributed by atoms with van der Waals surface area (Å²) in [4.78, 5) is 0. The van der Waals surface area contributed by atoms with Crippen molar-refractivity contribution in [1.82, 2.24) is 0 Å². The Hall–Kier alpha value is -1.63. The van der Waals surface area contributed by atoms with Crippen LogP contribution in [-0.4, -0.2) is 0 Å². The topological polar surface area (TPSA) is 3.88 Å². The van der Waals surface area contributed by atoms with Gasteiger partial charge >= 0.3 is 0 Å². The van der Waals surface area contributed by atoms with Crippen LogP contribution in [0.2, 0.25) is 0 Å². The van der Waals surface area contributed by atoms with E-state index in [0.717, 1.165) is 16.8 Å². The summed E-state index contributed by atoms with van der Waals surface area (Å²) in [6.45, 7) is 3.10. The summed E-state index contributed by atoms with van der Waals surface area (Å²) < 4.78 is 33.0. The van der Waals surface area contributed by atoms with Crippen molar-refractivity contribution in [2.75, 3.05) is 0 Å². The Morgan fingerprint density at radius 3 is 2.56 bits per heavy atom. The van der Waals surface area contributed by atoms with E-state index in [4.69, 9.17) is 5.48 Å². The van der Waals surface area contributed by atoms with Crippen LogP contribution in [-0.2, 0) is 7.05 Å². The van der Waals surface area contributed by atoms with Crippen molar-refractivity contribution in [1.29, 1.82) is 0 Å². The fourth-order valence-electron chi connectivity index (χ4n) is 2.34. The summed E-state index contributed by atoms with van der Waals surface area (Å²) in [5, 5.41) is 0. The minimum Gasteiger partial charge on any atom is -0.201 e. The predicted molar refractivity (Wildman–Crippen MR) is 76.6 cm³/mol. The Kier molecular flexibility index (Phi) is 2.32. The lowest BCUT2D eigenvalue weighted by molar-refractivity contribution is -0.661. The zero-order valence-electron chi connectivity index (χ0n) is 15.4. The molecule has 1 atom stereocenters. The van der Waals surface area contributed by atoms with Crippen LogP contribution < -0.4 is 4.57 Å². The maximum absolute atomic E-state index is 8.25. The zero-order valence-corrected chi connectivity index (χ0v) is 11.4. The molecule has 1 nitrogen and oxygen atoms in total. The van der Waals surface area contributed by atoms with Gasteiger partial charge in [-0.15, -0.1) is 0 Å². The van der Waals surface area contributed by atoms with Crippen LogP contribution in [0.1, 0.15) is 41.8 Å². The first-order valence-electron chi connectivity index (χ1n) is 8.12. The molecule has 1 aromatic heterocycles. The molecule has 0 radical (unpaired) electrons. The molecule has 1 heterocycles. The van der Waals surface area contributed by atoms with Gasteiger partial charge in [-0.25, -0.2) is 4.57 Å². The largest absolute Gasteiger partial charge is 0.215 e. The molecule has 0 amide bonds. The fraction of sp³-hybridized carbons (Fsp3) is 0.353. The SMILES string of the molecule is [2H]C([2H])([2H])C([2H])(C)c1cc(C)c(-c2ccccc2C)[n+](C)c1. The molecule has 0 aliphatic heterocycles. The zero-order chi connectivity index (χ0) is 16.7. The average molecular weight is 244 g/mol. The number of aromatic nitrogens is 1. The normalized spacial score (nSPS) is 18.2. The molecule has 0 N–H and O–H groups in total. The van der Waals surface area contributed by atoms with Gasteiger partial charge in [0, 0.05) is 22.2 Å². The Labute approximate surface area is 116 Å². The van der Waals surface area contributed by atoms with E-state index >= 15 is 0 Å². The Bertz CT molecular complexity index is 679. The van der Waals surface area contributed by atoms with Gasteiger partial charge in [-0.1, -0.05) is 32.0 Å². The van der Waals surface area contributed by atoms with Gasteiger partial charge in [-0.2, -0.15) is 0 Å². The lowest BCUT2D eigenvalue weighted by Crippen LogP contribution is -2.32. The lowest BCUT2D eigenvalue weighted by atomic mass is 9.97. The van der Waals surface area contributed by atoms with E-state index in [1.54, 1.807) is 6.20 Å². The predicted octanol–water partition coefficient (Wildman–Crippen LogP) is 3.92. The van der Waals surface area contributed by atoms with Gasteiger partial charge < -0.3 is 0 Å². The molecule has 0 fully saturated rings. The van der Waals surface area contributed by atoms with Crippen molar-refractivity contribution in [3.8, 4) is 11.3 Å². The first-order chi connectivity index (χ1) is 10.1. The van der Waals surface area contributed by atoms with Gasteiger partial charge in [-0.05, 0) is 37.4 Å². The highest BCUT2D eigenvalue weighted by Crippen LogP contribution is 2.25. The molecule has 0 bridgehead atoms. The molecule has 2 aromatic rings. The second-order valence-corrected chi connectivity index (χ2v) is 4.81. The summed E-state index contributed by atoms with van der Waals surface area (Å²) in [5.74, 6) is -1.63. The smallest absolute Gasteiger partial charge is 0.201 e. The molecule has 1 unspecified atom stereocenters. The maximum atomic E-state index is 8.25. The lowest BCUT2D eigenvalue weighted by Gasteiger charge is -2.10. The Morgan fingerprint density at radius 1 is 1.22 bits per heavy atom. The number of rotatable bonds is 2. The third kappa shape index (κ3) is 2.31. The van der Waals surface area contributed by atoms with Gasteiger partial charge in [0.1, 0.15) is 7.05 Å². The molecule has 1 aromatic carbocycles. The van der Waals surface area contributed by atoms with Crippen molar-refractivity contribution in [2.24, 2.45) is 7.05 Å². The third-order valence-corrected chi connectivity index (χ3v) is 3.26. The number of nitrogens with zero attached hydrogens (tertiary/aromatic N) is 1. The summed E-state index contributed by atoms with van der Waals surface area (Å²) in [6.07, 6.45) is 1.76. The van der Waals surface area contributed by atoms with E-state index in [-0.39, 0.29) is 0 Å². The summed E-state index contributed by atoms with van der Waals surface area (Å²) in [5.41, 5.74) is 4.80. The molecule has 0 aliphatic carbocycles. The van der Waals surface area contributed by atoms with Crippen molar-refractivity contribution in [3.05, 3.63) is 53.2 Å². The van der Waals surface area contributed by atoms with E-state index in [1.165, 1.54) is 12.5 Å². The monoisotopic (exact) mass is 244 g/mol. The average Bonchev–Trinajstić information content (AvgIpc) is 2.38. The number of hydrogen-bond acceptors (Lipinski definition) is 0. The summed E-state index contributed by atoms with van der Waals surface area (Å²) >= 11 is 0. The van der Waals surface area contributed by atoms with E-state index in [9.17, 15) is 0 Å². The minimum absolute atomic E-state index is 0.504. The van der Waals surface area contributed by atoms with Crippen molar-refractivity contribution >= 4 is 0 Å². The van der Waals surface area contributed by atoms with Crippen LogP contribution in [0, 0.1) is 13.8 Å². The van der Waals surface area contributed by atoms with Crippen molar-refractivity contribution in [2.45, 2.75) is 33.5 Å². The van der Waals surface area contributed by atoms with Gasteiger partial charge in [0.15, 0.2) is 6.20 Å². The molecule has 0 saturated heterocycles. The van der Waals surface area contributed by atoms with Gasteiger partial charge in [0.05, 0.1) is 0 Å². The molecule has 0 aliphatic rings. The van der Waals surface area contributed by atoms with Crippen LogP contribution in [0.25, 0.3) is 11.3 Å². The highest BCUT2D eigenvalue weighted by Gasteiger charge is 2.17. The van der Waals surface area contributed by atoms with E-state index in [2.05, 4.69) is 19.1 Å². The van der Waals surface area contributed by atoms with Gasteiger partial charge in [0.25, 0.3) is 0 Å². The second kappa shape index (κ2) is 4.93. The number of aryl methyl sites for hydroxylation is 3. The van der Waals surface area contributed by atoms with E-state index in [0.29, 0.717) is 5.56 Å². The molecule has 0 saturated carbocycles. The fourth-order valence-corrected chi connectivity index (χ4v) is 2.34. The highest BCUT2D eigenvalue weighted by atomic mass is 14.9. The van der Waals surface area contributed by atoms with E-state index < -0.39 is 12.7 Å². The molecule has 2 rings (SSSR count).